The highest BCUT2D eigenvalue weighted by Crippen LogP contribution is 2.28. The van der Waals surface area contributed by atoms with Gasteiger partial charge in [0.05, 0.1) is 11.5 Å². The van der Waals surface area contributed by atoms with Crippen LogP contribution in [0.5, 0.6) is 0 Å². The zero-order valence-electron chi connectivity index (χ0n) is 8.44. The largest absolute Gasteiger partial charge is 0.391 e. The number of piperidine rings is 1. The number of nitrogens with zero attached hydrogens (tertiary/aromatic N) is 2. The first kappa shape index (κ1) is 9.93. The minimum Gasteiger partial charge on any atom is -0.391 e. The monoisotopic (exact) mass is 212 g/mol. The molecule has 1 atom stereocenters. The van der Waals surface area contributed by atoms with E-state index in [0.717, 1.165) is 16.6 Å². The van der Waals surface area contributed by atoms with Gasteiger partial charge < -0.3 is 10.0 Å². The third kappa shape index (κ3) is 1.91. The van der Waals surface area contributed by atoms with Gasteiger partial charge in [0.1, 0.15) is 0 Å². The summed E-state index contributed by atoms with van der Waals surface area (Å²) in [6.07, 6.45) is 5.63. The van der Waals surface area contributed by atoms with Crippen molar-refractivity contribution >= 4 is 16.5 Å². The van der Waals surface area contributed by atoms with Crippen molar-refractivity contribution in [2.75, 3.05) is 11.4 Å². The molecule has 1 aromatic rings. The summed E-state index contributed by atoms with van der Waals surface area (Å²) in [6.45, 7) is 3.47. The van der Waals surface area contributed by atoms with Crippen LogP contribution in [0.4, 0.5) is 5.13 Å². The third-order valence-corrected chi connectivity index (χ3v) is 3.77. The summed E-state index contributed by atoms with van der Waals surface area (Å²) in [6, 6.07) is 0.599. The Labute approximate surface area is 88.4 Å². The van der Waals surface area contributed by atoms with Gasteiger partial charge in [-0.2, -0.15) is 0 Å². The van der Waals surface area contributed by atoms with E-state index in [2.05, 4.69) is 16.8 Å². The zero-order chi connectivity index (χ0) is 9.97. The SMILES string of the molecule is CC1CCCCN1c1ncc(CO)s1. The Kier molecular flexibility index (Phi) is 3.03. The summed E-state index contributed by atoms with van der Waals surface area (Å²) in [7, 11) is 0. The molecule has 0 bridgehead atoms. The molecule has 0 aliphatic carbocycles. The lowest BCUT2D eigenvalue weighted by atomic mass is 10.1. The highest BCUT2D eigenvalue weighted by Gasteiger charge is 2.20. The molecule has 1 N–H and O–H groups in total. The molecule has 0 amide bonds. The van der Waals surface area contributed by atoms with E-state index in [1.807, 2.05) is 0 Å². The van der Waals surface area contributed by atoms with Gasteiger partial charge in [-0.1, -0.05) is 11.3 Å². The Balaban J connectivity index is 2.12. The molecule has 0 radical (unpaired) electrons. The fourth-order valence-corrected chi connectivity index (χ4v) is 2.78. The molecule has 1 aliphatic heterocycles. The molecule has 2 rings (SSSR count). The second kappa shape index (κ2) is 4.28. The molecular formula is C10H16N2OS. The van der Waals surface area contributed by atoms with Crippen LogP contribution in [0.25, 0.3) is 0 Å². The van der Waals surface area contributed by atoms with Crippen LogP contribution < -0.4 is 4.90 Å². The number of anilines is 1. The highest BCUT2D eigenvalue weighted by atomic mass is 32.1. The molecule has 0 spiro atoms. The molecule has 3 nitrogen and oxygen atoms in total. The molecule has 4 heteroatoms. The molecule has 14 heavy (non-hydrogen) atoms. The Morgan fingerprint density at radius 1 is 1.64 bits per heavy atom. The van der Waals surface area contributed by atoms with Crippen LogP contribution in [0.3, 0.4) is 0 Å². The maximum atomic E-state index is 8.97. The fourth-order valence-electron chi connectivity index (χ4n) is 1.89. The fraction of sp³-hybridized carbons (Fsp3) is 0.700. The van der Waals surface area contributed by atoms with Crippen molar-refractivity contribution in [3.8, 4) is 0 Å². The lowest BCUT2D eigenvalue weighted by Gasteiger charge is -2.33. The number of aliphatic hydroxyl groups is 1. The van der Waals surface area contributed by atoms with Crippen molar-refractivity contribution in [3.63, 3.8) is 0 Å². The van der Waals surface area contributed by atoms with Gasteiger partial charge in [-0.3, -0.25) is 0 Å². The first-order valence-corrected chi connectivity index (χ1v) is 5.95. The van der Waals surface area contributed by atoms with Gasteiger partial charge in [0.2, 0.25) is 0 Å². The number of aromatic nitrogens is 1. The second-order valence-electron chi connectivity index (χ2n) is 3.81. The van der Waals surface area contributed by atoms with Crippen molar-refractivity contribution in [1.29, 1.82) is 0 Å². The lowest BCUT2D eigenvalue weighted by molar-refractivity contribution is 0.285. The number of rotatable bonds is 2. The molecular weight excluding hydrogens is 196 g/mol. The van der Waals surface area contributed by atoms with E-state index in [4.69, 9.17) is 5.11 Å². The number of hydrogen-bond acceptors (Lipinski definition) is 4. The van der Waals surface area contributed by atoms with Crippen molar-refractivity contribution < 1.29 is 5.11 Å². The second-order valence-corrected chi connectivity index (χ2v) is 4.90. The summed E-state index contributed by atoms with van der Waals surface area (Å²) in [5.41, 5.74) is 0. The van der Waals surface area contributed by atoms with Crippen LogP contribution >= 0.6 is 11.3 Å². The number of thiazole rings is 1. The summed E-state index contributed by atoms with van der Waals surface area (Å²) in [4.78, 5) is 7.66. The van der Waals surface area contributed by atoms with Gasteiger partial charge in [0, 0.05) is 18.8 Å². The Morgan fingerprint density at radius 3 is 3.14 bits per heavy atom. The van der Waals surface area contributed by atoms with E-state index in [1.54, 1.807) is 17.5 Å². The average Bonchev–Trinajstić information content (AvgIpc) is 2.67. The van der Waals surface area contributed by atoms with Crippen LogP contribution in [-0.4, -0.2) is 22.7 Å². The predicted molar refractivity (Wildman–Crippen MR) is 58.7 cm³/mol. The van der Waals surface area contributed by atoms with Gasteiger partial charge in [-0.25, -0.2) is 4.98 Å². The van der Waals surface area contributed by atoms with Crippen LogP contribution in [-0.2, 0) is 6.61 Å². The topological polar surface area (TPSA) is 36.4 Å². The Hall–Kier alpha value is -0.610. The normalized spacial score (nSPS) is 22.7. The van der Waals surface area contributed by atoms with E-state index in [-0.39, 0.29) is 6.61 Å². The molecule has 1 aromatic heterocycles. The van der Waals surface area contributed by atoms with E-state index in [0.29, 0.717) is 6.04 Å². The molecule has 1 fully saturated rings. The van der Waals surface area contributed by atoms with Crippen molar-refractivity contribution in [2.24, 2.45) is 0 Å². The number of aliphatic hydroxyl groups excluding tert-OH is 1. The average molecular weight is 212 g/mol. The van der Waals surface area contributed by atoms with Crippen molar-refractivity contribution in [3.05, 3.63) is 11.1 Å². The van der Waals surface area contributed by atoms with Crippen molar-refractivity contribution in [2.45, 2.75) is 38.8 Å². The maximum Gasteiger partial charge on any atom is 0.185 e. The molecule has 1 aliphatic rings. The van der Waals surface area contributed by atoms with Gasteiger partial charge in [0.25, 0.3) is 0 Å². The van der Waals surface area contributed by atoms with Gasteiger partial charge in [-0.05, 0) is 26.2 Å². The Bertz CT molecular complexity index is 300. The van der Waals surface area contributed by atoms with E-state index >= 15 is 0 Å². The van der Waals surface area contributed by atoms with Gasteiger partial charge >= 0.3 is 0 Å². The molecule has 0 saturated carbocycles. The molecule has 78 valence electrons. The van der Waals surface area contributed by atoms with Gasteiger partial charge in [-0.15, -0.1) is 0 Å². The smallest absolute Gasteiger partial charge is 0.185 e. The summed E-state index contributed by atoms with van der Waals surface area (Å²) < 4.78 is 0. The van der Waals surface area contributed by atoms with E-state index in [9.17, 15) is 0 Å². The summed E-state index contributed by atoms with van der Waals surface area (Å²) >= 11 is 1.61. The third-order valence-electron chi connectivity index (χ3n) is 2.75. The lowest BCUT2D eigenvalue weighted by Crippen LogP contribution is -2.37. The van der Waals surface area contributed by atoms with Crippen LogP contribution in [0, 0.1) is 0 Å². The predicted octanol–water partition coefficient (Wildman–Crippen LogP) is 2.01. The maximum absolute atomic E-state index is 8.97. The molecule has 0 aromatic carbocycles. The quantitative estimate of drug-likeness (QED) is 0.814. The van der Waals surface area contributed by atoms with Crippen molar-refractivity contribution in [1.82, 2.24) is 4.98 Å². The van der Waals surface area contributed by atoms with Crippen LogP contribution in [0.15, 0.2) is 6.20 Å². The Morgan fingerprint density at radius 2 is 2.50 bits per heavy atom. The minimum absolute atomic E-state index is 0.111. The molecule has 2 heterocycles. The first-order chi connectivity index (χ1) is 6.81. The number of hydrogen-bond donors (Lipinski definition) is 1. The summed E-state index contributed by atoms with van der Waals surface area (Å²) in [5, 5.41) is 10.0. The van der Waals surface area contributed by atoms with E-state index in [1.165, 1.54) is 19.3 Å². The minimum atomic E-state index is 0.111. The highest BCUT2D eigenvalue weighted by molar-refractivity contribution is 7.15. The molecule has 1 unspecified atom stereocenters. The van der Waals surface area contributed by atoms with Crippen LogP contribution in [0.1, 0.15) is 31.1 Å². The first-order valence-electron chi connectivity index (χ1n) is 5.13. The van der Waals surface area contributed by atoms with Gasteiger partial charge in [0.15, 0.2) is 5.13 Å². The van der Waals surface area contributed by atoms with Crippen LogP contribution in [0.2, 0.25) is 0 Å². The standard InChI is InChI=1S/C10H16N2OS/c1-8-4-2-3-5-12(8)10-11-6-9(7-13)14-10/h6,8,13H,2-5,7H2,1H3. The molecule has 1 saturated heterocycles. The van der Waals surface area contributed by atoms with E-state index < -0.39 is 0 Å². The summed E-state index contributed by atoms with van der Waals surface area (Å²) in [5.74, 6) is 0. The zero-order valence-corrected chi connectivity index (χ0v) is 9.26.